The van der Waals surface area contributed by atoms with Crippen LogP contribution >= 0.6 is 0 Å². The van der Waals surface area contributed by atoms with E-state index in [4.69, 9.17) is 9.15 Å². The van der Waals surface area contributed by atoms with Gasteiger partial charge in [-0.25, -0.2) is 9.98 Å². The molecule has 130 valence electrons. The summed E-state index contributed by atoms with van der Waals surface area (Å²) in [6.45, 7) is 10.3. The Morgan fingerprint density at radius 2 is 2.08 bits per heavy atom. The van der Waals surface area contributed by atoms with Gasteiger partial charge in [-0.1, -0.05) is 12.1 Å². The molecule has 24 heavy (non-hydrogen) atoms. The highest BCUT2D eigenvalue weighted by molar-refractivity contribution is 5.79. The predicted octanol–water partition coefficient (Wildman–Crippen LogP) is 2.73. The fraction of sp³-hybridized carbons (Fsp3) is 0.444. The molecule has 1 aromatic heterocycles. The topological polar surface area (TPSA) is 71.7 Å². The Hall–Kier alpha value is -2.50. The molecule has 0 bridgehead atoms. The largest absolute Gasteiger partial charge is 0.492 e. The highest BCUT2D eigenvalue weighted by atomic mass is 16.5. The number of aliphatic imine (C=N–C) groups is 1. The number of ether oxygens (including phenoxy) is 1. The van der Waals surface area contributed by atoms with Crippen LogP contribution in [0.5, 0.6) is 5.75 Å². The Morgan fingerprint density at radius 1 is 1.25 bits per heavy atom. The lowest BCUT2D eigenvalue weighted by Crippen LogP contribution is -2.39. The molecule has 1 aromatic carbocycles. The van der Waals surface area contributed by atoms with Gasteiger partial charge in [0, 0.05) is 6.54 Å². The maximum atomic E-state index is 5.72. The van der Waals surface area contributed by atoms with Gasteiger partial charge in [-0.05, 0) is 45.4 Å². The molecule has 0 radical (unpaired) electrons. The molecule has 0 aliphatic rings. The van der Waals surface area contributed by atoms with Crippen LogP contribution in [-0.2, 0) is 6.54 Å². The van der Waals surface area contributed by atoms with Gasteiger partial charge in [0.1, 0.15) is 24.7 Å². The maximum Gasteiger partial charge on any atom is 0.216 e. The first-order valence-electron chi connectivity index (χ1n) is 8.23. The van der Waals surface area contributed by atoms with Crippen molar-refractivity contribution < 1.29 is 9.15 Å². The number of rotatable bonds is 7. The maximum absolute atomic E-state index is 5.72. The van der Waals surface area contributed by atoms with E-state index in [1.54, 1.807) is 0 Å². The van der Waals surface area contributed by atoms with Gasteiger partial charge >= 0.3 is 0 Å². The summed E-state index contributed by atoms with van der Waals surface area (Å²) in [4.78, 5) is 8.81. The van der Waals surface area contributed by atoms with Crippen molar-refractivity contribution in [2.75, 3.05) is 19.7 Å². The molecule has 0 saturated carbocycles. The number of hydrogen-bond donors (Lipinski definition) is 2. The molecule has 0 fully saturated rings. The van der Waals surface area contributed by atoms with Crippen molar-refractivity contribution in [3.05, 3.63) is 47.2 Å². The zero-order valence-corrected chi connectivity index (χ0v) is 14.8. The fourth-order valence-electron chi connectivity index (χ4n) is 2.14. The third kappa shape index (κ3) is 5.61. The smallest absolute Gasteiger partial charge is 0.216 e. The van der Waals surface area contributed by atoms with E-state index in [1.165, 1.54) is 5.56 Å². The van der Waals surface area contributed by atoms with E-state index in [0.717, 1.165) is 29.7 Å². The second-order valence-corrected chi connectivity index (χ2v) is 5.54. The number of nitrogens with zero attached hydrogens (tertiary/aromatic N) is 2. The summed E-state index contributed by atoms with van der Waals surface area (Å²) in [5.74, 6) is 3.06. The van der Waals surface area contributed by atoms with Crippen LogP contribution in [0.15, 0.2) is 33.7 Å². The highest BCUT2D eigenvalue weighted by Gasteiger charge is 2.05. The zero-order valence-electron chi connectivity index (χ0n) is 14.8. The van der Waals surface area contributed by atoms with Gasteiger partial charge in [-0.2, -0.15) is 0 Å². The van der Waals surface area contributed by atoms with Crippen LogP contribution < -0.4 is 15.4 Å². The lowest BCUT2D eigenvalue weighted by molar-refractivity contribution is 0.321. The first kappa shape index (κ1) is 17.8. The Kier molecular flexibility index (Phi) is 6.66. The van der Waals surface area contributed by atoms with Crippen LogP contribution in [0.25, 0.3) is 0 Å². The van der Waals surface area contributed by atoms with Gasteiger partial charge in [-0.3, -0.25) is 0 Å². The van der Waals surface area contributed by atoms with E-state index in [-0.39, 0.29) is 0 Å². The molecule has 2 N–H and O–H groups in total. The van der Waals surface area contributed by atoms with Crippen LogP contribution in [-0.4, -0.2) is 30.6 Å². The van der Waals surface area contributed by atoms with E-state index in [1.807, 2.05) is 52.0 Å². The van der Waals surface area contributed by atoms with Crippen LogP contribution in [0, 0.1) is 20.8 Å². The van der Waals surface area contributed by atoms with Crippen LogP contribution in [0.2, 0.25) is 0 Å². The van der Waals surface area contributed by atoms with E-state index in [9.17, 15) is 0 Å². The van der Waals surface area contributed by atoms with Gasteiger partial charge in [-0.15, -0.1) is 0 Å². The average molecular weight is 330 g/mol. The highest BCUT2D eigenvalue weighted by Crippen LogP contribution is 2.11. The molecule has 0 atom stereocenters. The summed E-state index contributed by atoms with van der Waals surface area (Å²) < 4.78 is 11.3. The third-order valence-corrected chi connectivity index (χ3v) is 3.44. The summed E-state index contributed by atoms with van der Waals surface area (Å²) in [5, 5.41) is 6.44. The van der Waals surface area contributed by atoms with Gasteiger partial charge < -0.3 is 19.8 Å². The lowest BCUT2D eigenvalue weighted by Gasteiger charge is -2.12. The second-order valence-electron chi connectivity index (χ2n) is 5.54. The Balaban J connectivity index is 1.80. The minimum Gasteiger partial charge on any atom is -0.492 e. The van der Waals surface area contributed by atoms with Gasteiger partial charge in [0.25, 0.3) is 0 Å². The van der Waals surface area contributed by atoms with E-state index in [2.05, 4.69) is 20.6 Å². The first-order valence-corrected chi connectivity index (χ1v) is 8.23. The monoisotopic (exact) mass is 330 g/mol. The third-order valence-electron chi connectivity index (χ3n) is 3.44. The summed E-state index contributed by atoms with van der Waals surface area (Å²) in [7, 11) is 0. The SMILES string of the molecule is CCNC(=NCc1nc(C)c(C)o1)NCCOc1cccc(C)c1. The summed E-state index contributed by atoms with van der Waals surface area (Å²) >= 11 is 0. The molecule has 0 aliphatic carbocycles. The van der Waals surface area contributed by atoms with Gasteiger partial charge in [0.15, 0.2) is 5.96 Å². The van der Waals surface area contributed by atoms with Gasteiger partial charge in [0.05, 0.1) is 12.2 Å². The van der Waals surface area contributed by atoms with E-state index >= 15 is 0 Å². The van der Waals surface area contributed by atoms with Crippen molar-refractivity contribution in [3.63, 3.8) is 0 Å². The molecule has 1 heterocycles. The number of hydrogen-bond acceptors (Lipinski definition) is 4. The predicted molar refractivity (Wildman–Crippen MR) is 95.5 cm³/mol. The van der Waals surface area contributed by atoms with Crippen molar-refractivity contribution in [1.82, 2.24) is 15.6 Å². The summed E-state index contributed by atoms with van der Waals surface area (Å²) in [5.41, 5.74) is 2.09. The Labute approximate surface area is 143 Å². The summed E-state index contributed by atoms with van der Waals surface area (Å²) in [6, 6.07) is 8.02. The zero-order chi connectivity index (χ0) is 17.4. The van der Waals surface area contributed by atoms with E-state index in [0.29, 0.717) is 25.6 Å². The lowest BCUT2D eigenvalue weighted by atomic mass is 10.2. The van der Waals surface area contributed by atoms with Crippen molar-refractivity contribution in [2.24, 2.45) is 4.99 Å². The van der Waals surface area contributed by atoms with Crippen LogP contribution in [0.4, 0.5) is 0 Å². The molecule has 0 aliphatic heterocycles. The molecule has 0 unspecified atom stereocenters. The van der Waals surface area contributed by atoms with Crippen LogP contribution in [0.1, 0.15) is 29.8 Å². The average Bonchev–Trinajstić information content (AvgIpc) is 2.87. The molecule has 6 heteroatoms. The molecule has 6 nitrogen and oxygen atoms in total. The number of benzene rings is 1. The molecule has 0 spiro atoms. The first-order chi connectivity index (χ1) is 11.6. The molecule has 2 rings (SSSR count). The molecule has 0 amide bonds. The molecule has 2 aromatic rings. The molecule has 0 saturated heterocycles. The minimum absolute atomic E-state index is 0.406. The summed E-state index contributed by atoms with van der Waals surface area (Å²) in [6.07, 6.45) is 0. The minimum atomic E-state index is 0.406. The van der Waals surface area contributed by atoms with Crippen molar-refractivity contribution in [3.8, 4) is 5.75 Å². The molecular formula is C18H26N4O2. The van der Waals surface area contributed by atoms with E-state index < -0.39 is 0 Å². The number of aromatic nitrogens is 1. The number of guanidine groups is 1. The number of nitrogens with one attached hydrogen (secondary N) is 2. The number of oxazole rings is 1. The van der Waals surface area contributed by atoms with Crippen molar-refractivity contribution >= 4 is 5.96 Å². The Morgan fingerprint density at radius 3 is 2.75 bits per heavy atom. The van der Waals surface area contributed by atoms with Gasteiger partial charge in [0.2, 0.25) is 5.89 Å². The second kappa shape index (κ2) is 8.96. The Bertz CT molecular complexity index is 660. The number of aryl methyl sites for hydroxylation is 3. The quantitative estimate of drug-likeness (QED) is 0.464. The fourth-order valence-corrected chi connectivity index (χ4v) is 2.14. The standard InChI is InChI=1S/C18H26N4O2/c1-5-19-18(21-12-17-22-14(3)15(4)24-17)20-9-10-23-16-8-6-7-13(2)11-16/h6-8,11H,5,9-10,12H2,1-4H3,(H2,19,20,21). The van der Waals surface area contributed by atoms with Crippen LogP contribution in [0.3, 0.4) is 0 Å². The normalized spacial score (nSPS) is 11.4. The molecular weight excluding hydrogens is 304 g/mol. The van der Waals surface area contributed by atoms with Crippen molar-refractivity contribution in [2.45, 2.75) is 34.2 Å². The van der Waals surface area contributed by atoms with Crippen molar-refractivity contribution in [1.29, 1.82) is 0 Å².